The van der Waals surface area contributed by atoms with E-state index in [1.165, 1.54) is 57.9 Å². The van der Waals surface area contributed by atoms with Crippen LogP contribution < -0.4 is 11.3 Å². The number of guanidine groups is 1. The van der Waals surface area contributed by atoms with Crippen molar-refractivity contribution >= 4 is 5.96 Å². The number of rotatable bonds is 1. The number of fused-ring (bicyclic) bond motifs is 1. The highest BCUT2D eigenvalue weighted by molar-refractivity contribution is 5.80. The van der Waals surface area contributed by atoms with Gasteiger partial charge in [0.15, 0.2) is 0 Å². The van der Waals surface area contributed by atoms with Crippen LogP contribution in [0.5, 0.6) is 0 Å². The van der Waals surface area contributed by atoms with E-state index in [1.54, 1.807) is 0 Å². The summed E-state index contributed by atoms with van der Waals surface area (Å²) in [6.45, 7) is 5.81. The molecule has 1 aliphatic carbocycles. The SMILES string of the molecule is CC1CN2CCCCC2CN1C(=NC1CCCCC1)NN. The van der Waals surface area contributed by atoms with Crippen LogP contribution in [0.2, 0.25) is 0 Å². The molecule has 120 valence electrons. The molecule has 0 spiro atoms. The molecule has 0 aromatic heterocycles. The first-order valence-corrected chi connectivity index (χ1v) is 8.83. The van der Waals surface area contributed by atoms with E-state index in [2.05, 4.69) is 22.1 Å². The summed E-state index contributed by atoms with van der Waals surface area (Å²) in [4.78, 5) is 10.0. The second-order valence-electron chi connectivity index (χ2n) is 7.03. The third-order valence-electron chi connectivity index (χ3n) is 5.47. The summed E-state index contributed by atoms with van der Waals surface area (Å²) in [5, 5.41) is 0. The maximum absolute atomic E-state index is 5.81. The molecular formula is C16H31N5. The van der Waals surface area contributed by atoms with E-state index in [1.807, 2.05) is 0 Å². The average molecular weight is 293 g/mol. The number of piperazine rings is 1. The molecule has 5 nitrogen and oxygen atoms in total. The van der Waals surface area contributed by atoms with Crippen molar-refractivity contribution in [2.45, 2.75) is 76.4 Å². The van der Waals surface area contributed by atoms with Crippen LogP contribution in [0.25, 0.3) is 0 Å². The Kier molecular flexibility index (Phi) is 5.01. The van der Waals surface area contributed by atoms with Crippen molar-refractivity contribution in [2.75, 3.05) is 19.6 Å². The van der Waals surface area contributed by atoms with Crippen LogP contribution in [0, 0.1) is 0 Å². The molecule has 0 aromatic carbocycles. The summed E-state index contributed by atoms with van der Waals surface area (Å²) in [6.07, 6.45) is 10.5. The van der Waals surface area contributed by atoms with Crippen molar-refractivity contribution < 1.29 is 0 Å². The molecule has 3 fully saturated rings. The number of aliphatic imine (C=N–C) groups is 1. The molecule has 0 amide bonds. The number of hydrogen-bond acceptors (Lipinski definition) is 3. The normalized spacial score (nSPS) is 32.9. The molecule has 2 saturated heterocycles. The Bertz CT molecular complexity index is 364. The Labute approximate surface area is 128 Å². The van der Waals surface area contributed by atoms with E-state index in [-0.39, 0.29) is 0 Å². The van der Waals surface area contributed by atoms with Gasteiger partial charge in [0.05, 0.1) is 6.04 Å². The zero-order valence-corrected chi connectivity index (χ0v) is 13.4. The lowest BCUT2D eigenvalue weighted by atomic mass is 9.96. The molecule has 2 heterocycles. The minimum Gasteiger partial charge on any atom is -0.336 e. The summed E-state index contributed by atoms with van der Waals surface area (Å²) in [5.74, 6) is 6.75. The van der Waals surface area contributed by atoms with Gasteiger partial charge in [0.25, 0.3) is 0 Å². The van der Waals surface area contributed by atoms with Crippen LogP contribution in [0.15, 0.2) is 4.99 Å². The molecule has 2 aliphatic heterocycles. The Morgan fingerprint density at radius 1 is 1.05 bits per heavy atom. The summed E-state index contributed by atoms with van der Waals surface area (Å²) < 4.78 is 0. The van der Waals surface area contributed by atoms with Gasteiger partial charge in [-0.3, -0.25) is 10.3 Å². The van der Waals surface area contributed by atoms with Gasteiger partial charge in [-0.2, -0.15) is 0 Å². The van der Waals surface area contributed by atoms with E-state index in [4.69, 9.17) is 10.8 Å². The number of nitrogens with one attached hydrogen (secondary N) is 1. The molecule has 21 heavy (non-hydrogen) atoms. The molecule has 2 atom stereocenters. The van der Waals surface area contributed by atoms with E-state index >= 15 is 0 Å². The Morgan fingerprint density at radius 3 is 2.57 bits per heavy atom. The van der Waals surface area contributed by atoms with E-state index in [0.29, 0.717) is 18.1 Å². The second kappa shape index (κ2) is 6.97. The predicted octanol–water partition coefficient (Wildman–Crippen LogP) is 1.70. The smallest absolute Gasteiger partial charge is 0.209 e. The lowest BCUT2D eigenvalue weighted by Crippen LogP contribution is -2.63. The predicted molar refractivity (Wildman–Crippen MR) is 87.0 cm³/mol. The van der Waals surface area contributed by atoms with Crippen LogP contribution in [0.4, 0.5) is 0 Å². The highest BCUT2D eigenvalue weighted by atomic mass is 15.4. The van der Waals surface area contributed by atoms with Crippen molar-refractivity contribution in [1.29, 1.82) is 0 Å². The zero-order valence-electron chi connectivity index (χ0n) is 13.4. The fraction of sp³-hybridized carbons (Fsp3) is 0.938. The molecule has 2 unspecified atom stereocenters. The van der Waals surface area contributed by atoms with Gasteiger partial charge >= 0.3 is 0 Å². The molecule has 3 N–H and O–H groups in total. The third kappa shape index (κ3) is 3.51. The largest absolute Gasteiger partial charge is 0.336 e. The summed E-state index contributed by atoms with van der Waals surface area (Å²) in [5.41, 5.74) is 2.90. The van der Waals surface area contributed by atoms with Gasteiger partial charge in [-0.15, -0.1) is 0 Å². The van der Waals surface area contributed by atoms with Crippen LogP contribution in [0.3, 0.4) is 0 Å². The number of hydrazine groups is 1. The van der Waals surface area contributed by atoms with Crippen molar-refractivity contribution in [1.82, 2.24) is 15.2 Å². The average Bonchev–Trinajstić information content (AvgIpc) is 2.53. The van der Waals surface area contributed by atoms with Crippen LogP contribution in [0.1, 0.15) is 58.3 Å². The Hall–Kier alpha value is -0.810. The summed E-state index contributed by atoms with van der Waals surface area (Å²) >= 11 is 0. The van der Waals surface area contributed by atoms with Gasteiger partial charge in [-0.05, 0) is 39.2 Å². The van der Waals surface area contributed by atoms with Gasteiger partial charge in [0.1, 0.15) is 0 Å². The molecule has 5 heteroatoms. The van der Waals surface area contributed by atoms with Gasteiger partial charge in [-0.25, -0.2) is 10.8 Å². The molecule has 0 radical (unpaired) electrons. The minimum absolute atomic E-state index is 0.474. The van der Waals surface area contributed by atoms with Crippen LogP contribution in [-0.2, 0) is 0 Å². The number of hydrogen-bond donors (Lipinski definition) is 2. The number of nitrogens with two attached hydrogens (primary N) is 1. The summed E-state index contributed by atoms with van der Waals surface area (Å²) in [7, 11) is 0. The number of nitrogens with zero attached hydrogens (tertiary/aromatic N) is 3. The van der Waals surface area contributed by atoms with Gasteiger partial charge in [0, 0.05) is 25.2 Å². The first-order chi connectivity index (χ1) is 10.3. The van der Waals surface area contributed by atoms with Crippen molar-refractivity contribution in [2.24, 2.45) is 10.8 Å². The van der Waals surface area contributed by atoms with Crippen molar-refractivity contribution in [3.8, 4) is 0 Å². The topological polar surface area (TPSA) is 56.9 Å². The zero-order chi connectivity index (χ0) is 14.7. The fourth-order valence-electron chi connectivity index (χ4n) is 4.22. The Balaban J connectivity index is 1.68. The molecule has 3 aliphatic rings. The van der Waals surface area contributed by atoms with Crippen molar-refractivity contribution in [3.63, 3.8) is 0 Å². The van der Waals surface area contributed by atoms with E-state index in [0.717, 1.165) is 19.0 Å². The lowest BCUT2D eigenvalue weighted by Gasteiger charge is -2.48. The first-order valence-electron chi connectivity index (χ1n) is 8.83. The number of piperidine rings is 1. The highest BCUT2D eigenvalue weighted by Gasteiger charge is 2.34. The van der Waals surface area contributed by atoms with Crippen molar-refractivity contribution in [3.05, 3.63) is 0 Å². The minimum atomic E-state index is 0.474. The quantitative estimate of drug-likeness (QED) is 0.334. The summed E-state index contributed by atoms with van der Waals surface area (Å²) in [6, 6.07) is 1.67. The van der Waals surface area contributed by atoms with Gasteiger partial charge in [0.2, 0.25) is 5.96 Å². The molecular weight excluding hydrogens is 262 g/mol. The maximum atomic E-state index is 5.81. The van der Waals surface area contributed by atoms with Crippen LogP contribution in [-0.4, -0.2) is 53.5 Å². The molecule has 1 saturated carbocycles. The first kappa shape index (κ1) is 15.1. The molecule has 3 rings (SSSR count). The Morgan fingerprint density at radius 2 is 1.81 bits per heavy atom. The lowest BCUT2D eigenvalue weighted by molar-refractivity contribution is 0.0483. The monoisotopic (exact) mass is 293 g/mol. The standard InChI is InChI=1S/C16H31N5/c1-13-11-20-10-6-5-9-15(20)12-21(13)16(19-17)18-14-7-3-2-4-8-14/h13-15H,2-12,17H2,1H3,(H,18,19). The fourth-order valence-corrected chi connectivity index (χ4v) is 4.22. The van der Waals surface area contributed by atoms with E-state index in [9.17, 15) is 0 Å². The second-order valence-corrected chi connectivity index (χ2v) is 7.03. The third-order valence-corrected chi connectivity index (χ3v) is 5.47. The molecule has 0 aromatic rings. The van der Waals surface area contributed by atoms with Gasteiger partial charge in [-0.1, -0.05) is 25.7 Å². The molecule has 0 bridgehead atoms. The van der Waals surface area contributed by atoms with Gasteiger partial charge < -0.3 is 4.90 Å². The highest BCUT2D eigenvalue weighted by Crippen LogP contribution is 2.25. The van der Waals surface area contributed by atoms with Crippen LogP contribution >= 0.6 is 0 Å². The maximum Gasteiger partial charge on any atom is 0.209 e. The van der Waals surface area contributed by atoms with E-state index < -0.39 is 0 Å².